The van der Waals surface area contributed by atoms with Crippen LogP contribution in [0.5, 0.6) is 0 Å². The summed E-state index contributed by atoms with van der Waals surface area (Å²) < 4.78 is 15.9. The molecule has 9 heteroatoms. The SMILES string of the molecule is CCn1c(SCC(=O)Nc2nc(-c3ccccc3)cs2)nnc1-c1ccccc1F. The minimum absolute atomic E-state index is 0.148. The van der Waals surface area contributed by atoms with E-state index in [1.54, 1.807) is 22.8 Å². The summed E-state index contributed by atoms with van der Waals surface area (Å²) >= 11 is 2.63. The van der Waals surface area contributed by atoms with Crippen molar-refractivity contribution in [2.75, 3.05) is 11.1 Å². The Balaban J connectivity index is 1.41. The largest absolute Gasteiger partial charge is 0.302 e. The van der Waals surface area contributed by atoms with Crippen LogP contribution in [0.2, 0.25) is 0 Å². The maximum atomic E-state index is 14.1. The van der Waals surface area contributed by atoms with Gasteiger partial charge in [-0.3, -0.25) is 4.79 Å². The molecule has 0 saturated heterocycles. The van der Waals surface area contributed by atoms with E-state index in [-0.39, 0.29) is 17.5 Å². The molecule has 0 spiro atoms. The minimum atomic E-state index is -0.355. The second-order valence-corrected chi connectivity index (χ2v) is 8.07. The summed E-state index contributed by atoms with van der Waals surface area (Å²) in [7, 11) is 0. The fourth-order valence-electron chi connectivity index (χ4n) is 2.88. The number of carbonyl (C=O) groups is 1. The average Bonchev–Trinajstić information content (AvgIpc) is 3.40. The van der Waals surface area contributed by atoms with Gasteiger partial charge in [-0.25, -0.2) is 9.37 Å². The number of anilines is 1. The van der Waals surface area contributed by atoms with Crippen LogP contribution in [-0.4, -0.2) is 31.4 Å². The fourth-order valence-corrected chi connectivity index (χ4v) is 4.42. The van der Waals surface area contributed by atoms with Gasteiger partial charge in [0.25, 0.3) is 0 Å². The van der Waals surface area contributed by atoms with Gasteiger partial charge in [0.15, 0.2) is 16.1 Å². The molecule has 2 aromatic heterocycles. The minimum Gasteiger partial charge on any atom is -0.302 e. The second-order valence-electron chi connectivity index (χ2n) is 6.27. The standard InChI is InChI=1S/C21H18FN5OS2/c1-2-27-19(15-10-6-7-11-16(15)22)25-26-21(27)30-13-18(28)24-20-23-17(12-29-20)14-8-4-3-5-9-14/h3-12H,2,13H2,1H3,(H,23,24,28). The van der Waals surface area contributed by atoms with Gasteiger partial charge in [-0.2, -0.15) is 0 Å². The number of nitrogens with zero attached hydrogens (tertiary/aromatic N) is 4. The van der Waals surface area contributed by atoms with Crippen LogP contribution in [0.25, 0.3) is 22.6 Å². The lowest BCUT2D eigenvalue weighted by molar-refractivity contribution is -0.113. The highest BCUT2D eigenvalue weighted by atomic mass is 32.2. The van der Waals surface area contributed by atoms with Gasteiger partial charge in [0.05, 0.1) is 17.0 Å². The molecule has 1 amide bonds. The highest BCUT2D eigenvalue weighted by Gasteiger charge is 2.17. The van der Waals surface area contributed by atoms with E-state index in [0.29, 0.717) is 28.2 Å². The van der Waals surface area contributed by atoms with Crippen LogP contribution in [-0.2, 0) is 11.3 Å². The molecule has 152 valence electrons. The molecule has 0 aliphatic carbocycles. The van der Waals surface area contributed by atoms with Crippen molar-refractivity contribution in [3.05, 3.63) is 65.8 Å². The topological polar surface area (TPSA) is 72.7 Å². The van der Waals surface area contributed by atoms with Gasteiger partial charge < -0.3 is 9.88 Å². The average molecular weight is 440 g/mol. The van der Waals surface area contributed by atoms with Crippen LogP contribution in [0.3, 0.4) is 0 Å². The molecule has 0 fully saturated rings. The van der Waals surface area contributed by atoms with Crippen molar-refractivity contribution in [3.63, 3.8) is 0 Å². The summed E-state index contributed by atoms with van der Waals surface area (Å²) in [5.74, 6) is 0.0558. The predicted octanol–water partition coefficient (Wildman–Crippen LogP) is 4.96. The Morgan fingerprint density at radius 3 is 2.67 bits per heavy atom. The Morgan fingerprint density at radius 2 is 1.90 bits per heavy atom. The van der Waals surface area contributed by atoms with Crippen molar-refractivity contribution >= 4 is 34.1 Å². The molecule has 0 atom stereocenters. The highest BCUT2D eigenvalue weighted by molar-refractivity contribution is 7.99. The first kappa shape index (κ1) is 20.2. The van der Waals surface area contributed by atoms with E-state index in [4.69, 9.17) is 0 Å². The summed E-state index contributed by atoms with van der Waals surface area (Å²) in [6.45, 7) is 2.49. The Hall–Kier alpha value is -3.04. The van der Waals surface area contributed by atoms with E-state index < -0.39 is 0 Å². The van der Waals surface area contributed by atoms with E-state index in [9.17, 15) is 9.18 Å². The number of benzene rings is 2. The Kier molecular flexibility index (Phi) is 6.20. The van der Waals surface area contributed by atoms with E-state index in [1.807, 2.05) is 42.6 Å². The van der Waals surface area contributed by atoms with Gasteiger partial charge in [-0.1, -0.05) is 54.2 Å². The van der Waals surface area contributed by atoms with E-state index in [2.05, 4.69) is 20.5 Å². The number of thiazole rings is 1. The number of thioether (sulfide) groups is 1. The normalized spacial score (nSPS) is 10.9. The Labute approximate surface area is 181 Å². The van der Waals surface area contributed by atoms with Crippen LogP contribution < -0.4 is 5.32 Å². The molecule has 1 N–H and O–H groups in total. The van der Waals surface area contributed by atoms with Crippen molar-refractivity contribution in [3.8, 4) is 22.6 Å². The van der Waals surface area contributed by atoms with E-state index >= 15 is 0 Å². The zero-order chi connectivity index (χ0) is 20.9. The number of nitrogens with one attached hydrogen (secondary N) is 1. The molecule has 2 aromatic carbocycles. The van der Waals surface area contributed by atoms with Gasteiger partial charge in [-0.15, -0.1) is 21.5 Å². The summed E-state index contributed by atoms with van der Waals surface area (Å²) in [6, 6.07) is 16.2. The lowest BCUT2D eigenvalue weighted by Crippen LogP contribution is -2.14. The number of hydrogen-bond donors (Lipinski definition) is 1. The van der Waals surface area contributed by atoms with Crippen molar-refractivity contribution in [2.24, 2.45) is 0 Å². The molecule has 2 heterocycles. The molecule has 4 aromatic rings. The van der Waals surface area contributed by atoms with Gasteiger partial charge in [0.2, 0.25) is 5.91 Å². The lowest BCUT2D eigenvalue weighted by Gasteiger charge is -2.07. The first-order valence-electron chi connectivity index (χ1n) is 9.27. The fraction of sp³-hybridized carbons (Fsp3) is 0.143. The molecule has 0 bridgehead atoms. The molecule has 0 saturated carbocycles. The summed E-state index contributed by atoms with van der Waals surface area (Å²) in [4.78, 5) is 16.8. The van der Waals surface area contributed by atoms with Crippen LogP contribution in [0.15, 0.2) is 65.1 Å². The molecular weight excluding hydrogens is 421 g/mol. The Morgan fingerprint density at radius 1 is 1.13 bits per heavy atom. The number of hydrogen-bond acceptors (Lipinski definition) is 6. The van der Waals surface area contributed by atoms with Gasteiger partial charge in [0, 0.05) is 17.5 Å². The van der Waals surface area contributed by atoms with Crippen LogP contribution >= 0.6 is 23.1 Å². The number of carbonyl (C=O) groups excluding carboxylic acids is 1. The second kappa shape index (κ2) is 9.19. The molecule has 0 radical (unpaired) electrons. The smallest absolute Gasteiger partial charge is 0.236 e. The predicted molar refractivity (Wildman–Crippen MR) is 118 cm³/mol. The Bertz CT molecular complexity index is 1160. The maximum absolute atomic E-state index is 14.1. The quantitative estimate of drug-likeness (QED) is 0.412. The van der Waals surface area contributed by atoms with Crippen LogP contribution in [0.1, 0.15) is 6.92 Å². The van der Waals surface area contributed by atoms with Crippen molar-refractivity contribution < 1.29 is 9.18 Å². The number of rotatable bonds is 7. The molecule has 4 rings (SSSR count). The van der Waals surface area contributed by atoms with Crippen molar-refractivity contribution in [1.82, 2.24) is 19.7 Å². The monoisotopic (exact) mass is 439 g/mol. The number of halogens is 1. The first-order chi connectivity index (χ1) is 14.7. The molecule has 0 unspecified atom stereocenters. The third kappa shape index (κ3) is 4.42. The number of amides is 1. The van der Waals surface area contributed by atoms with Crippen LogP contribution in [0.4, 0.5) is 9.52 Å². The van der Waals surface area contributed by atoms with E-state index in [0.717, 1.165) is 11.3 Å². The van der Waals surface area contributed by atoms with Gasteiger partial charge in [0.1, 0.15) is 5.82 Å². The molecule has 6 nitrogen and oxygen atoms in total. The van der Waals surface area contributed by atoms with E-state index in [1.165, 1.54) is 29.2 Å². The summed E-state index contributed by atoms with van der Waals surface area (Å²) in [5, 5.41) is 14.1. The molecule has 0 aliphatic heterocycles. The number of aromatic nitrogens is 4. The lowest BCUT2D eigenvalue weighted by atomic mass is 10.2. The van der Waals surface area contributed by atoms with Gasteiger partial charge in [-0.05, 0) is 19.1 Å². The highest BCUT2D eigenvalue weighted by Crippen LogP contribution is 2.27. The zero-order valence-electron chi connectivity index (χ0n) is 16.1. The van der Waals surface area contributed by atoms with Crippen molar-refractivity contribution in [1.29, 1.82) is 0 Å². The molecule has 30 heavy (non-hydrogen) atoms. The molecular formula is C21H18FN5OS2. The maximum Gasteiger partial charge on any atom is 0.236 e. The van der Waals surface area contributed by atoms with Crippen LogP contribution in [0, 0.1) is 5.82 Å². The third-order valence-corrected chi connectivity index (χ3v) is 6.02. The summed E-state index contributed by atoms with van der Waals surface area (Å²) in [5.41, 5.74) is 2.21. The zero-order valence-corrected chi connectivity index (χ0v) is 17.7. The molecule has 0 aliphatic rings. The third-order valence-electron chi connectivity index (χ3n) is 4.30. The van der Waals surface area contributed by atoms with Crippen molar-refractivity contribution in [2.45, 2.75) is 18.6 Å². The first-order valence-corrected chi connectivity index (χ1v) is 11.1. The summed E-state index contributed by atoms with van der Waals surface area (Å²) in [6.07, 6.45) is 0. The van der Waals surface area contributed by atoms with Gasteiger partial charge >= 0.3 is 0 Å².